The van der Waals surface area contributed by atoms with Gasteiger partial charge in [-0.3, -0.25) is 4.90 Å². The van der Waals surface area contributed by atoms with E-state index in [4.69, 9.17) is 9.47 Å². The lowest BCUT2D eigenvalue weighted by molar-refractivity contribution is -0.0419. The Morgan fingerprint density at radius 1 is 1.54 bits per heavy atom. The molecule has 1 unspecified atom stereocenters. The van der Waals surface area contributed by atoms with Crippen molar-refractivity contribution in [1.82, 2.24) is 4.90 Å². The third-order valence-electron chi connectivity index (χ3n) is 3.13. The zero-order valence-electron chi connectivity index (χ0n) is 8.49. The Hall–Kier alpha value is -0.380. The molecular formula is C10H17NO2. The molecule has 0 amide bonds. The average Bonchev–Trinajstić information content (AvgIpc) is 2.78. The van der Waals surface area contributed by atoms with Gasteiger partial charge in [0.15, 0.2) is 0 Å². The highest BCUT2D eigenvalue weighted by Gasteiger charge is 2.51. The van der Waals surface area contributed by atoms with E-state index in [-0.39, 0.29) is 11.8 Å². The van der Waals surface area contributed by atoms with E-state index in [9.17, 15) is 0 Å². The molecule has 0 saturated carbocycles. The van der Waals surface area contributed by atoms with Crippen molar-refractivity contribution in [3.05, 3.63) is 12.7 Å². The summed E-state index contributed by atoms with van der Waals surface area (Å²) in [7, 11) is 2.08. The van der Waals surface area contributed by atoms with Gasteiger partial charge in [0.25, 0.3) is 0 Å². The molecule has 13 heavy (non-hydrogen) atoms. The molecule has 0 aromatic heterocycles. The maximum atomic E-state index is 5.67. The molecule has 0 spiro atoms. The van der Waals surface area contributed by atoms with E-state index in [1.54, 1.807) is 0 Å². The molecule has 2 aliphatic rings. The standard InChI is InChI=1S/C10H17NO2/c1-5-8-9(13-8)7-6-12-10(2,3)11(7)4/h5,7-9H,1,6H2,2-4H3/t7?,8-,9+/m1/s1. The molecule has 2 aliphatic heterocycles. The number of likely N-dealkylation sites (N-methyl/N-ethyl adjacent to an activating group) is 1. The van der Waals surface area contributed by atoms with E-state index in [1.165, 1.54) is 0 Å². The third kappa shape index (κ3) is 1.41. The second-order valence-electron chi connectivity index (χ2n) is 4.24. The zero-order chi connectivity index (χ0) is 9.64. The van der Waals surface area contributed by atoms with Crippen LogP contribution in [0, 0.1) is 0 Å². The van der Waals surface area contributed by atoms with Gasteiger partial charge < -0.3 is 9.47 Å². The fraction of sp³-hybridized carbons (Fsp3) is 0.800. The van der Waals surface area contributed by atoms with Gasteiger partial charge in [0.1, 0.15) is 17.9 Å². The third-order valence-corrected chi connectivity index (χ3v) is 3.13. The second kappa shape index (κ2) is 2.80. The molecule has 0 aliphatic carbocycles. The van der Waals surface area contributed by atoms with Crippen LogP contribution >= 0.6 is 0 Å². The molecule has 0 aromatic rings. The molecule has 3 atom stereocenters. The molecule has 2 rings (SSSR count). The Balaban J connectivity index is 2.00. The summed E-state index contributed by atoms with van der Waals surface area (Å²) >= 11 is 0. The first-order valence-electron chi connectivity index (χ1n) is 4.71. The lowest BCUT2D eigenvalue weighted by Gasteiger charge is -2.28. The maximum Gasteiger partial charge on any atom is 0.116 e. The number of nitrogens with zero attached hydrogens (tertiary/aromatic N) is 1. The molecular weight excluding hydrogens is 166 g/mol. The smallest absolute Gasteiger partial charge is 0.116 e. The van der Waals surface area contributed by atoms with Crippen LogP contribution in [0.3, 0.4) is 0 Å². The number of rotatable bonds is 2. The number of hydrogen-bond donors (Lipinski definition) is 0. The van der Waals surface area contributed by atoms with Crippen LogP contribution in [0.2, 0.25) is 0 Å². The second-order valence-corrected chi connectivity index (χ2v) is 4.24. The van der Waals surface area contributed by atoms with Crippen molar-refractivity contribution in [2.45, 2.75) is 37.8 Å². The molecule has 0 bridgehead atoms. The average molecular weight is 183 g/mol. The van der Waals surface area contributed by atoms with Crippen LogP contribution in [0.1, 0.15) is 13.8 Å². The lowest BCUT2D eigenvalue weighted by Crippen LogP contribution is -2.43. The molecule has 2 fully saturated rings. The van der Waals surface area contributed by atoms with E-state index >= 15 is 0 Å². The van der Waals surface area contributed by atoms with Crippen LogP contribution in [0.5, 0.6) is 0 Å². The van der Waals surface area contributed by atoms with Crippen molar-refractivity contribution >= 4 is 0 Å². The van der Waals surface area contributed by atoms with Crippen molar-refractivity contribution in [3.63, 3.8) is 0 Å². The molecule has 74 valence electrons. The predicted molar refractivity (Wildman–Crippen MR) is 50.4 cm³/mol. The van der Waals surface area contributed by atoms with Crippen LogP contribution in [0.4, 0.5) is 0 Å². The van der Waals surface area contributed by atoms with E-state index in [0.717, 1.165) is 6.61 Å². The molecule has 2 heterocycles. The maximum absolute atomic E-state index is 5.67. The quantitative estimate of drug-likeness (QED) is 0.472. The molecule has 3 nitrogen and oxygen atoms in total. The minimum Gasteiger partial charge on any atom is -0.363 e. The molecule has 0 radical (unpaired) electrons. The van der Waals surface area contributed by atoms with Gasteiger partial charge in [0, 0.05) is 0 Å². The monoisotopic (exact) mass is 183 g/mol. The summed E-state index contributed by atoms with van der Waals surface area (Å²) in [6.45, 7) is 8.65. The Kier molecular flexibility index (Phi) is 1.98. The minimum atomic E-state index is -0.150. The highest BCUT2D eigenvalue weighted by molar-refractivity contribution is 5.06. The zero-order valence-corrected chi connectivity index (χ0v) is 8.49. The molecule has 3 heteroatoms. The summed E-state index contributed by atoms with van der Waals surface area (Å²) in [5.41, 5.74) is -0.150. The van der Waals surface area contributed by atoms with Crippen LogP contribution in [-0.2, 0) is 9.47 Å². The van der Waals surface area contributed by atoms with Gasteiger partial charge in [-0.15, -0.1) is 6.58 Å². The summed E-state index contributed by atoms with van der Waals surface area (Å²) < 4.78 is 11.1. The van der Waals surface area contributed by atoms with Gasteiger partial charge in [0.2, 0.25) is 0 Å². The van der Waals surface area contributed by atoms with E-state index in [1.807, 2.05) is 6.08 Å². The van der Waals surface area contributed by atoms with Gasteiger partial charge in [0.05, 0.1) is 12.6 Å². The SMILES string of the molecule is C=C[C@H]1O[C@H]1C1COC(C)(C)N1C. The van der Waals surface area contributed by atoms with Gasteiger partial charge >= 0.3 is 0 Å². The van der Waals surface area contributed by atoms with Crippen molar-refractivity contribution in [3.8, 4) is 0 Å². The highest BCUT2D eigenvalue weighted by Crippen LogP contribution is 2.36. The predicted octanol–water partition coefficient (Wildman–Crippen LogP) is 1.01. The fourth-order valence-electron chi connectivity index (χ4n) is 1.85. The normalized spacial score (nSPS) is 43.5. The molecule has 2 saturated heterocycles. The Morgan fingerprint density at radius 2 is 2.23 bits per heavy atom. The van der Waals surface area contributed by atoms with Gasteiger partial charge in [-0.25, -0.2) is 0 Å². The topological polar surface area (TPSA) is 25.0 Å². The molecule has 0 aromatic carbocycles. The Labute approximate surface area is 79.3 Å². The van der Waals surface area contributed by atoms with Gasteiger partial charge in [-0.05, 0) is 20.9 Å². The van der Waals surface area contributed by atoms with Crippen LogP contribution in [0.25, 0.3) is 0 Å². The highest BCUT2D eigenvalue weighted by atomic mass is 16.6. The first kappa shape index (κ1) is 9.19. The largest absolute Gasteiger partial charge is 0.363 e. The summed E-state index contributed by atoms with van der Waals surface area (Å²) in [4.78, 5) is 2.24. The fourth-order valence-corrected chi connectivity index (χ4v) is 1.85. The van der Waals surface area contributed by atoms with Gasteiger partial charge in [-0.1, -0.05) is 6.08 Å². The number of hydrogen-bond acceptors (Lipinski definition) is 3. The van der Waals surface area contributed by atoms with Crippen molar-refractivity contribution in [2.24, 2.45) is 0 Å². The van der Waals surface area contributed by atoms with E-state index in [2.05, 4.69) is 32.4 Å². The van der Waals surface area contributed by atoms with Crippen LogP contribution < -0.4 is 0 Å². The summed E-state index contributed by atoms with van der Waals surface area (Å²) in [5.74, 6) is 0. The number of epoxide rings is 1. The van der Waals surface area contributed by atoms with Crippen molar-refractivity contribution < 1.29 is 9.47 Å². The molecule has 0 N–H and O–H groups in total. The Bertz CT molecular complexity index is 227. The summed E-state index contributed by atoms with van der Waals surface area (Å²) in [6, 6.07) is 0.387. The first-order chi connectivity index (χ1) is 6.06. The first-order valence-corrected chi connectivity index (χ1v) is 4.71. The van der Waals surface area contributed by atoms with Crippen molar-refractivity contribution in [1.29, 1.82) is 0 Å². The summed E-state index contributed by atoms with van der Waals surface area (Å²) in [5, 5.41) is 0. The Morgan fingerprint density at radius 3 is 2.62 bits per heavy atom. The number of ether oxygens (including phenoxy) is 2. The summed E-state index contributed by atoms with van der Waals surface area (Å²) in [6.07, 6.45) is 2.40. The van der Waals surface area contributed by atoms with E-state index in [0.29, 0.717) is 12.1 Å². The van der Waals surface area contributed by atoms with Crippen LogP contribution in [-0.4, -0.2) is 42.5 Å². The van der Waals surface area contributed by atoms with Gasteiger partial charge in [-0.2, -0.15) is 0 Å². The minimum absolute atomic E-state index is 0.150. The van der Waals surface area contributed by atoms with E-state index < -0.39 is 0 Å². The van der Waals surface area contributed by atoms with Crippen LogP contribution in [0.15, 0.2) is 12.7 Å². The lowest BCUT2D eigenvalue weighted by atomic mass is 10.1. The van der Waals surface area contributed by atoms with Crippen molar-refractivity contribution in [2.75, 3.05) is 13.7 Å².